The molecule has 0 saturated heterocycles. The van der Waals surface area contributed by atoms with Gasteiger partial charge in [-0.25, -0.2) is 4.98 Å². The van der Waals surface area contributed by atoms with E-state index in [1.165, 1.54) is 24.2 Å². The van der Waals surface area contributed by atoms with E-state index >= 15 is 0 Å². The van der Waals surface area contributed by atoms with Crippen molar-refractivity contribution in [2.24, 2.45) is 0 Å². The molecule has 0 aliphatic heterocycles. The van der Waals surface area contributed by atoms with Crippen molar-refractivity contribution >= 4 is 28.1 Å². The lowest BCUT2D eigenvalue weighted by Gasteiger charge is -2.30. The summed E-state index contributed by atoms with van der Waals surface area (Å²) in [5.41, 5.74) is 3.74. The van der Waals surface area contributed by atoms with Crippen LogP contribution in [0.3, 0.4) is 0 Å². The summed E-state index contributed by atoms with van der Waals surface area (Å²) in [7, 11) is 0. The van der Waals surface area contributed by atoms with Crippen molar-refractivity contribution in [2.75, 3.05) is 12.8 Å². The number of thiazole rings is 1. The summed E-state index contributed by atoms with van der Waals surface area (Å²) in [5, 5.41) is 5.83. The molecule has 112 valence electrons. The second-order valence-corrected chi connectivity index (χ2v) is 7.45. The zero-order chi connectivity index (χ0) is 14.8. The summed E-state index contributed by atoms with van der Waals surface area (Å²) >= 11 is 3.71. The Morgan fingerprint density at radius 3 is 2.65 bits per heavy atom. The van der Waals surface area contributed by atoms with E-state index in [9.17, 15) is 0 Å². The van der Waals surface area contributed by atoms with Crippen molar-refractivity contribution in [1.82, 2.24) is 14.7 Å². The topological polar surface area (TPSA) is 29.3 Å². The van der Waals surface area contributed by atoms with E-state index in [4.69, 9.17) is 0 Å². The maximum Gasteiger partial charge on any atom is 0.194 e. The van der Waals surface area contributed by atoms with Crippen LogP contribution in [0.1, 0.15) is 43.8 Å². The third-order valence-electron chi connectivity index (χ3n) is 4.29. The summed E-state index contributed by atoms with van der Waals surface area (Å²) in [6.07, 6.45) is 4.63. The highest BCUT2D eigenvalue weighted by Gasteiger charge is 2.24. The van der Waals surface area contributed by atoms with Gasteiger partial charge in [-0.1, -0.05) is 13.8 Å². The molecule has 0 fully saturated rings. The monoisotopic (exact) mass is 311 g/mol. The minimum atomic E-state index is 0.362. The van der Waals surface area contributed by atoms with E-state index < -0.39 is 0 Å². The lowest BCUT2D eigenvalue weighted by molar-refractivity contribution is 0.491. The van der Waals surface area contributed by atoms with Gasteiger partial charge in [-0.15, -0.1) is 11.3 Å². The van der Waals surface area contributed by atoms with Gasteiger partial charge >= 0.3 is 0 Å². The largest absolute Gasteiger partial charge is 0.310 e. The lowest BCUT2D eigenvalue weighted by atomic mass is 10.0. The molecule has 2 rings (SSSR count). The van der Waals surface area contributed by atoms with E-state index in [0.717, 1.165) is 23.7 Å². The summed E-state index contributed by atoms with van der Waals surface area (Å²) < 4.78 is 2.65. The first-order chi connectivity index (χ1) is 9.56. The molecule has 0 spiro atoms. The van der Waals surface area contributed by atoms with Crippen molar-refractivity contribution in [3.05, 3.63) is 22.5 Å². The SMILES string of the molecule is CCC(CC)(CNCc1c(C)nc2scc(C)n12)SC. The van der Waals surface area contributed by atoms with Gasteiger partial charge < -0.3 is 5.32 Å². The average Bonchev–Trinajstić information content (AvgIpc) is 2.96. The molecule has 2 aromatic heterocycles. The molecule has 0 amide bonds. The molecule has 0 atom stereocenters. The van der Waals surface area contributed by atoms with E-state index in [0.29, 0.717) is 4.75 Å². The number of hydrogen-bond acceptors (Lipinski definition) is 4. The molecular formula is C15H25N3S2. The minimum Gasteiger partial charge on any atom is -0.310 e. The van der Waals surface area contributed by atoms with E-state index in [-0.39, 0.29) is 0 Å². The van der Waals surface area contributed by atoms with Crippen molar-refractivity contribution in [2.45, 2.75) is 51.8 Å². The standard InChI is InChI=1S/C15H25N3S2/c1-6-15(7-2,19-5)10-16-8-13-12(4)17-14-18(13)11(3)9-20-14/h9,16H,6-8,10H2,1-5H3. The zero-order valence-corrected chi connectivity index (χ0v) is 14.7. The average molecular weight is 312 g/mol. The molecule has 0 aliphatic carbocycles. The van der Waals surface area contributed by atoms with E-state index in [2.05, 4.69) is 54.0 Å². The van der Waals surface area contributed by atoms with Gasteiger partial charge in [0.15, 0.2) is 4.96 Å². The fourth-order valence-electron chi connectivity index (χ4n) is 2.65. The Kier molecular flexibility index (Phi) is 5.15. The molecule has 5 heteroatoms. The highest BCUT2D eigenvalue weighted by atomic mass is 32.2. The van der Waals surface area contributed by atoms with Gasteiger partial charge in [0.1, 0.15) is 0 Å². The Bertz CT molecular complexity index is 559. The van der Waals surface area contributed by atoms with Gasteiger partial charge in [-0.05, 0) is 32.9 Å². The van der Waals surface area contributed by atoms with Crippen LogP contribution in [0.15, 0.2) is 5.38 Å². The first-order valence-electron chi connectivity index (χ1n) is 7.24. The molecule has 1 N–H and O–H groups in total. The van der Waals surface area contributed by atoms with Crippen LogP contribution in [0, 0.1) is 13.8 Å². The number of rotatable bonds is 7. The predicted molar refractivity (Wildman–Crippen MR) is 91.1 cm³/mol. The Morgan fingerprint density at radius 1 is 1.35 bits per heavy atom. The quantitative estimate of drug-likeness (QED) is 0.837. The van der Waals surface area contributed by atoms with Gasteiger partial charge in [0.25, 0.3) is 0 Å². The third-order valence-corrected chi connectivity index (χ3v) is 6.82. The normalized spacial score (nSPS) is 12.4. The molecule has 20 heavy (non-hydrogen) atoms. The summed E-state index contributed by atoms with van der Waals surface area (Å²) in [6.45, 7) is 10.8. The number of imidazole rings is 1. The fourth-order valence-corrected chi connectivity index (χ4v) is 4.40. The molecule has 0 aliphatic rings. The van der Waals surface area contributed by atoms with Crippen LogP contribution in [-0.4, -0.2) is 26.9 Å². The van der Waals surface area contributed by atoms with Gasteiger partial charge in [-0.2, -0.15) is 11.8 Å². The Labute approximate surface area is 130 Å². The van der Waals surface area contributed by atoms with Crippen molar-refractivity contribution in [3.8, 4) is 0 Å². The number of aryl methyl sites for hydroxylation is 2. The van der Waals surface area contributed by atoms with Crippen molar-refractivity contribution in [3.63, 3.8) is 0 Å². The minimum absolute atomic E-state index is 0.362. The molecule has 2 heterocycles. The van der Waals surface area contributed by atoms with Gasteiger partial charge in [0, 0.05) is 28.9 Å². The van der Waals surface area contributed by atoms with Crippen LogP contribution in [-0.2, 0) is 6.54 Å². The number of nitrogens with one attached hydrogen (secondary N) is 1. The molecule has 0 aromatic carbocycles. The number of nitrogens with zero attached hydrogens (tertiary/aromatic N) is 2. The Morgan fingerprint density at radius 2 is 2.05 bits per heavy atom. The molecule has 2 aromatic rings. The second-order valence-electron chi connectivity index (χ2n) is 5.34. The first kappa shape index (κ1) is 15.9. The van der Waals surface area contributed by atoms with E-state index in [1.807, 2.05) is 11.8 Å². The molecule has 0 bridgehead atoms. The number of hydrogen-bond donors (Lipinski definition) is 1. The van der Waals surface area contributed by atoms with Crippen molar-refractivity contribution in [1.29, 1.82) is 0 Å². The highest BCUT2D eigenvalue weighted by Crippen LogP contribution is 2.29. The number of thioether (sulfide) groups is 1. The van der Waals surface area contributed by atoms with Crippen molar-refractivity contribution < 1.29 is 0 Å². The maximum absolute atomic E-state index is 4.65. The van der Waals surface area contributed by atoms with Crippen LogP contribution in [0.2, 0.25) is 0 Å². The van der Waals surface area contributed by atoms with E-state index in [1.54, 1.807) is 11.3 Å². The molecule has 0 saturated carbocycles. The fraction of sp³-hybridized carbons (Fsp3) is 0.667. The second kappa shape index (κ2) is 6.50. The predicted octanol–water partition coefficient (Wildman–Crippen LogP) is 4.02. The van der Waals surface area contributed by atoms with Gasteiger partial charge in [0.05, 0.1) is 11.4 Å². The van der Waals surface area contributed by atoms with Crippen LogP contribution >= 0.6 is 23.1 Å². The lowest BCUT2D eigenvalue weighted by Crippen LogP contribution is -2.36. The summed E-state index contributed by atoms with van der Waals surface area (Å²) in [5.74, 6) is 0. The molecule has 3 nitrogen and oxygen atoms in total. The van der Waals surface area contributed by atoms with Crippen LogP contribution in [0.4, 0.5) is 0 Å². The van der Waals surface area contributed by atoms with Gasteiger partial charge in [-0.3, -0.25) is 4.40 Å². The molecular weight excluding hydrogens is 286 g/mol. The van der Waals surface area contributed by atoms with Crippen LogP contribution in [0.25, 0.3) is 4.96 Å². The summed E-state index contributed by atoms with van der Waals surface area (Å²) in [6, 6.07) is 0. The van der Waals surface area contributed by atoms with Gasteiger partial charge in [0.2, 0.25) is 0 Å². The molecule has 0 radical (unpaired) electrons. The maximum atomic E-state index is 4.65. The summed E-state index contributed by atoms with van der Waals surface area (Å²) in [4.78, 5) is 5.76. The first-order valence-corrected chi connectivity index (χ1v) is 9.35. The highest BCUT2D eigenvalue weighted by molar-refractivity contribution is 8.00. The zero-order valence-electron chi connectivity index (χ0n) is 13.1. The van der Waals surface area contributed by atoms with Crippen LogP contribution in [0.5, 0.6) is 0 Å². The Hall–Kier alpha value is -0.520. The Balaban J connectivity index is 2.09. The molecule has 0 unspecified atom stereocenters. The third kappa shape index (κ3) is 2.90. The number of fused-ring (bicyclic) bond motifs is 1. The number of aromatic nitrogens is 2. The van der Waals surface area contributed by atoms with Crippen LogP contribution < -0.4 is 5.32 Å². The smallest absolute Gasteiger partial charge is 0.194 e.